The predicted molar refractivity (Wildman–Crippen MR) is 150 cm³/mol. The largest absolute Gasteiger partial charge is 0.508 e. The van der Waals surface area contributed by atoms with E-state index in [4.69, 9.17) is 4.74 Å². The van der Waals surface area contributed by atoms with E-state index in [2.05, 4.69) is 18.3 Å². The summed E-state index contributed by atoms with van der Waals surface area (Å²) in [5.41, 5.74) is 3.21. The van der Waals surface area contributed by atoms with E-state index in [-0.39, 0.29) is 35.1 Å². The van der Waals surface area contributed by atoms with E-state index in [9.17, 15) is 25.5 Å². The van der Waals surface area contributed by atoms with Crippen molar-refractivity contribution in [2.24, 2.45) is 11.1 Å². The summed E-state index contributed by atoms with van der Waals surface area (Å²) in [7, 11) is 0. The van der Waals surface area contributed by atoms with Crippen molar-refractivity contribution >= 4 is 5.69 Å². The zero-order valence-electron chi connectivity index (χ0n) is 22.7. The molecule has 3 N–H and O–H groups in total. The number of phenols is 3. The van der Waals surface area contributed by atoms with Gasteiger partial charge in [-0.05, 0) is 67.3 Å². The second-order valence-corrected chi connectivity index (χ2v) is 9.43. The lowest BCUT2D eigenvalue weighted by Crippen LogP contribution is -2.30. The Balaban J connectivity index is 2.76. The summed E-state index contributed by atoms with van der Waals surface area (Å²) in [5, 5.41) is 43.4. The lowest BCUT2D eigenvalue weighted by molar-refractivity contribution is 0.0781. The van der Waals surface area contributed by atoms with Gasteiger partial charge in [-0.15, -0.1) is 4.91 Å². The molecule has 0 bridgehead atoms. The fourth-order valence-corrected chi connectivity index (χ4v) is 4.47. The molecule has 0 aliphatic rings. The summed E-state index contributed by atoms with van der Waals surface area (Å²) in [4.78, 5) is 11.5. The fraction of sp³-hybridized carbons (Fsp3) is 0.323. The lowest BCUT2D eigenvalue weighted by atomic mass is 9.78. The van der Waals surface area contributed by atoms with E-state index in [1.54, 1.807) is 19.1 Å². The Morgan fingerprint density at radius 2 is 1.92 bits per heavy atom. The first-order valence-corrected chi connectivity index (χ1v) is 12.5. The maximum absolute atomic E-state index is 11.5. The van der Waals surface area contributed by atoms with Crippen molar-refractivity contribution in [2.75, 3.05) is 0 Å². The van der Waals surface area contributed by atoms with Crippen LogP contribution in [0.4, 0.5) is 5.69 Å². The van der Waals surface area contributed by atoms with Crippen LogP contribution in [0, 0.1) is 29.1 Å². The number of nitrogens with zero attached hydrogens (tertiary/aromatic N) is 2. The third-order valence-electron chi connectivity index (χ3n) is 6.89. The summed E-state index contributed by atoms with van der Waals surface area (Å²) in [5.74, 6) is -0.651. The number of hydrogen-bond donors (Lipinski definition) is 3. The number of allylic oxidation sites excluding steroid dienone is 4. The number of benzene rings is 2. The lowest BCUT2D eigenvalue weighted by Gasteiger charge is -2.34. The highest BCUT2D eigenvalue weighted by molar-refractivity contribution is 5.62. The van der Waals surface area contributed by atoms with E-state index < -0.39 is 17.8 Å². The van der Waals surface area contributed by atoms with Gasteiger partial charge in [0.05, 0.1) is 5.56 Å². The van der Waals surface area contributed by atoms with Crippen molar-refractivity contribution in [3.8, 4) is 23.3 Å². The predicted octanol–water partition coefficient (Wildman–Crippen LogP) is 7.73. The molecule has 0 aliphatic carbocycles. The molecule has 2 rings (SSSR count). The van der Waals surface area contributed by atoms with Gasteiger partial charge >= 0.3 is 0 Å². The first-order chi connectivity index (χ1) is 18.0. The molecule has 7 nitrogen and oxygen atoms in total. The Labute approximate surface area is 224 Å². The van der Waals surface area contributed by atoms with Crippen LogP contribution in [0.1, 0.15) is 62.3 Å². The van der Waals surface area contributed by atoms with E-state index >= 15 is 0 Å². The van der Waals surface area contributed by atoms with Gasteiger partial charge in [-0.25, -0.2) is 0 Å². The van der Waals surface area contributed by atoms with Crippen LogP contribution in [0.2, 0.25) is 0 Å². The van der Waals surface area contributed by atoms with Crippen LogP contribution in [0.15, 0.2) is 77.7 Å². The molecule has 0 aliphatic heterocycles. The highest BCUT2D eigenvalue weighted by atomic mass is 16.5. The molecule has 0 saturated carbocycles. The van der Waals surface area contributed by atoms with E-state index in [0.29, 0.717) is 28.0 Å². The van der Waals surface area contributed by atoms with E-state index in [1.165, 1.54) is 18.2 Å². The van der Waals surface area contributed by atoms with Crippen LogP contribution in [0.3, 0.4) is 0 Å². The molecule has 0 heterocycles. The third-order valence-corrected chi connectivity index (χ3v) is 6.89. The number of aromatic hydroxyl groups is 3. The van der Waals surface area contributed by atoms with Gasteiger partial charge in [-0.3, -0.25) is 0 Å². The highest BCUT2D eigenvalue weighted by Crippen LogP contribution is 2.42. The third kappa shape index (κ3) is 6.92. The van der Waals surface area contributed by atoms with Crippen molar-refractivity contribution in [2.45, 2.75) is 59.5 Å². The smallest absolute Gasteiger partial charge is 0.162 e. The number of hydrogen-bond acceptors (Lipinski definition) is 7. The van der Waals surface area contributed by atoms with Gasteiger partial charge in [0.1, 0.15) is 29.4 Å². The summed E-state index contributed by atoms with van der Waals surface area (Å²) in [6, 6.07) is 7.78. The summed E-state index contributed by atoms with van der Waals surface area (Å²) < 4.78 is 6.52. The average Bonchev–Trinajstić information content (AvgIpc) is 2.89. The molecule has 0 spiro atoms. The second kappa shape index (κ2) is 13.3. The number of aryl methyl sites for hydroxylation is 1. The van der Waals surface area contributed by atoms with Crippen molar-refractivity contribution in [1.29, 1.82) is 5.26 Å². The maximum atomic E-state index is 11.5. The van der Waals surface area contributed by atoms with Gasteiger partial charge in [0.2, 0.25) is 0 Å². The molecular formula is C31H36N2O5. The Kier molecular flexibility index (Phi) is 10.5. The molecular weight excluding hydrogens is 480 g/mol. The SMILES string of the molecule is C=C/C(=C\C(C)=C/C)C(=C)OC(Cc1c(C)cc(O)cc1O)C(c1cc(C#N)c(O)c(N=O)c1)C(C)CC. The molecule has 0 fully saturated rings. The topological polar surface area (TPSA) is 123 Å². The van der Waals surface area contributed by atoms with Crippen molar-refractivity contribution in [3.05, 3.63) is 99.7 Å². The number of rotatable bonds is 12. The monoisotopic (exact) mass is 516 g/mol. The highest BCUT2D eigenvalue weighted by Gasteiger charge is 2.33. The summed E-state index contributed by atoms with van der Waals surface area (Å²) in [6.45, 7) is 17.7. The number of phenolic OH excluding ortho intramolecular Hbond substituents is 3. The van der Waals surface area contributed by atoms with Crippen LogP contribution in [0.5, 0.6) is 17.2 Å². The van der Waals surface area contributed by atoms with Gasteiger partial charge in [0, 0.05) is 29.5 Å². The van der Waals surface area contributed by atoms with Crippen LogP contribution in [-0.4, -0.2) is 21.4 Å². The molecule has 3 atom stereocenters. The first kappa shape index (κ1) is 29.9. The standard InChI is InChI=1S/C31H36N2O5/c1-8-18(4)11-22(10-3)21(7)38-29(16-26-20(6)12-25(34)15-28(26)35)30(19(5)9-2)23-13-24(17-32)31(36)27(14-23)33-37/h8,10-15,19,29-30,34-36H,3,7,9,16H2,1-2,4-6H3/b18-8-,22-11+. The zero-order chi connectivity index (χ0) is 28.6. The second-order valence-electron chi connectivity index (χ2n) is 9.43. The molecule has 0 aromatic heterocycles. The molecule has 0 saturated heterocycles. The molecule has 200 valence electrons. The minimum Gasteiger partial charge on any atom is -0.508 e. The number of ether oxygens (including phenoxy) is 1. The Hall–Kier alpha value is -4.31. The zero-order valence-corrected chi connectivity index (χ0v) is 22.7. The van der Waals surface area contributed by atoms with Crippen LogP contribution in [0.25, 0.3) is 0 Å². The van der Waals surface area contributed by atoms with Crippen LogP contribution in [-0.2, 0) is 11.2 Å². The van der Waals surface area contributed by atoms with Gasteiger partial charge in [-0.2, -0.15) is 5.26 Å². The van der Waals surface area contributed by atoms with E-state index in [1.807, 2.05) is 45.9 Å². The quantitative estimate of drug-likeness (QED) is 0.151. The molecule has 38 heavy (non-hydrogen) atoms. The van der Waals surface area contributed by atoms with Crippen molar-refractivity contribution < 1.29 is 20.1 Å². The Bertz CT molecular complexity index is 1290. The minimum absolute atomic E-state index is 0.0172. The number of nitriles is 1. The molecule has 2 aromatic carbocycles. The van der Waals surface area contributed by atoms with Gasteiger partial charge in [0.15, 0.2) is 11.4 Å². The van der Waals surface area contributed by atoms with Crippen molar-refractivity contribution in [3.63, 3.8) is 0 Å². The summed E-state index contributed by atoms with van der Waals surface area (Å²) in [6.07, 6.45) is 5.82. The van der Waals surface area contributed by atoms with Crippen LogP contribution >= 0.6 is 0 Å². The minimum atomic E-state index is -0.628. The van der Waals surface area contributed by atoms with E-state index in [0.717, 1.165) is 12.0 Å². The molecule has 2 aromatic rings. The fourth-order valence-electron chi connectivity index (χ4n) is 4.47. The molecule has 0 amide bonds. The maximum Gasteiger partial charge on any atom is 0.162 e. The van der Waals surface area contributed by atoms with Gasteiger partial charge in [0.25, 0.3) is 0 Å². The average molecular weight is 517 g/mol. The molecule has 3 unspecified atom stereocenters. The van der Waals surface area contributed by atoms with Gasteiger partial charge < -0.3 is 20.1 Å². The first-order valence-electron chi connectivity index (χ1n) is 12.5. The molecule has 7 heteroatoms. The van der Waals surface area contributed by atoms with Crippen LogP contribution < -0.4 is 0 Å². The van der Waals surface area contributed by atoms with Gasteiger partial charge in [-0.1, -0.05) is 51.2 Å². The number of nitroso groups, excluding NO2 is 1. The summed E-state index contributed by atoms with van der Waals surface area (Å²) >= 11 is 0. The Morgan fingerprint density at radius 3 is 2.45 bits per heavy atom. The normalized spacial score (nSPS) is 14.2. The van der Waals surface area contributed by atoms with Crippen molar-refractivity contribution in [1.82, 2.24) is 0 Å². The Morgan fingerprint density at radius 1 is 1.24 bits per heavy atom. The molecule has 0 radical (unpaired) electrons.